The average Bonchev–Trinajstić information content (AvgIpc) is 2.55. The summed E-state index contributed by atoms with van der Waals surface area (Å²) in [5.41, 5.74) is 0. The zero-order chi connectivity index (χ0) is 9.56. The van der Waals surface area contributed by atoms with Crippen molar-refractivity contribution in [3.8, 4) is 6.07 Å². The summed E-state index contributed by atoms with van der Waals surface area (Å²) in [6.45, 7) is 6.27. The first kappa shape index (κ1) is 11.0. The molecule has 0 N–H and O–H groups in total. The Bertz CT molecular complexity index is 183. The summed E-state index contributed by atoms with van der Waals surface area (Å²) < 4.78 is 0. The molecule has 0 radical (unpaired) electrons. The van der Waals surface area contributed by atoms with Gasteiger partial charge in [-0.05, 0) is 12.8 Å². The molecule has 1 atom stereocenters. The van der Waals surface area contributed by atoms with Crippen LogP contribution in [0.15, 0.2) is 0 Å². The van der Waals surface area contributed by atoms with Crippen LogP contribution in [0.1, 0.15) is 33.6 Å². The monoisotopic (exact) mass is 168 g/mol. The summed E-state index contributed by atoms with van der Waals surface area (Å²) in [6, 6.07) is 1.95. The van der Waals surface area contributed by atoms with Gasteiger partial charge in [-0.25, -0.2) is 0 Å². The molecular formula is C9H16N2O. The number of hydrogen-bond donors (Lipinski definition) is 0. The van der Waals surface area contributed by atoms with Crippen LogP contribution in [0.4, 0.5) is 0 Å². The number of hydrogen-bond acceptors (Lipinski definition) is 2. The van der Waals surface area contributed by atoms with E-state index in [9.17, 15) is 4.79 Å². The van der Waals surface area contributed by atoms with Gasteiger partial charge in [-0.1, -0.05) is 13.8 Å². The Morgan fingerprint density at radius 3 is 2.50 bits per heavy atom. The second-order valence-electron chi connectivity index (χ2n) is 2.50. The maximum atomic E-state index is 10.8. The Kier molecular flexibility index (Phi) is 5.11. The Morgan fingerprint density at radius 1 is 1.58 bits per heavy atom. The van der Waals surface area contributed by atoms with Crippen LogP contribution >= 0.6 is 0 Å². The topological polar surface area (TPSA) is 44.1 Å². The average molecular weight is 168 g/mol. The minimum Gasteiger partial charge on any atom is -0.327 e. The molecule has 1 fully saturated rings. The van der Waals surface area contributed by atoms with Crippen molar-refractivity contribution >= 4 is 5.91 Å². The van der Waals surface area contributed by atoms with Crippen LogP contribution in [-0.2, 0) is 4.79 Å². The normalized spacial score (nSPS) is 20.8. The van der Waals surface area contributed by atoms with Crippen LogP contribution in [0.2, 0.25) is 0 Å². The van der Waals surface area contributed by atoms with E-state index in [0.717, 1.165) is 19.4 Å². The first-order valence-electron chi connectivity index (χ1n) is 4.42. The van der Waals surface area contributed by atoms with Crippen molar-refractivity contribution in [1.29, 1.82) is 5.26 Å². The molecule has 0 aromatic heterocycles. The number of carbonyl (C=O) groups is 1. The number of rotatable bonds is 0. The summed E-state index contributed by atoms with van der Waals surface area (Å²) in [6.07, 6.45) is 1.81. The molecule has 0 bridgehead atoms. The molecule has 1 aliphatic rings. The lowest BCUT2D eigenvalue weighted by molar-refractivity contribution is -0.128. The largest absolute Gasteiger partial charge is 0.327 e. The van der Waals surface area contributed by atoms with Gasteiger partial charge in [0.2, 0.25) is 5.91 Å². The SMILES string of the molecule is CC.CC(=O)N1CCCC1C#N. The smallest absolute Gasteiger partial charge is 0.220 e. The van der Waals surface area contributed by atoms with Crippen molar-refractivity contribution < 1.29 is 4.79 Å². The third-order valence-electron chi connectivity index (χ3n) is 1.81. The molecule has 0 aromatic carbocycles. The molecule has 12 heavy (non-hydrogen) atoms. The first-order chi connectivity index (χ1) is 5.75. The van der Waals surface area contributed by atoms with E-state index in [2.05, 4.69) is 6.07 Å². The number of nitrogens with zero attached hydrogens (tertiary/aromatic N) is 2. The highest BCUT2D eigenvalue weighted by molar-refractivity contribution is 5.74. The Labute approximate surface area is 74.0 Å². The second-order valence-corrected chi connectivity index (χ2v) is 2.50. The molecule has 3 heteroatoms. The van der Waals surface area contributed by atoms with Crippen molar-refractivity contribution in [1.82, 2.24) is 4.90 Å². The highest BCUT2D eigenvalue weighted by Gasteiger charge is 2.25. The van der Waals surface area contributed by atoms with Crippen molar-refractivity contribution in [2.45, 2.75) is 39.7 Å². The van der Waals surface area contributed by atoms with E-state index < -0.39 is 0 Å². The zero-order valence-electron chi connectivity index (χ0n) is 8.00. The van der Waals surface area contributed by atoms with Crippen molar-refractivity contribution in [2.75, 3.05) is 6.54 Å². The van der Waals surface area contributed by atoms with Crippen molar-refractivity contribution in [3.63, 3.8) is 0 Å². The Hall–Kier alpha value is -1.04. The second kappa shape index (κ2) is 5.59. The zero-order valence-corrected chi connectivity index (χ0v) is 8.00. The highest BCUT2D eigenvalue weighted by Crippen LogP contribution is 2.15. The molecule has 1 aliphatic heterocycles. The van der Waals surface area contributed by atoms with E-state index in [1.165, 1.54) is 6.92 Å². The molecule has 1 rings (SSSR count). The molecule has 3 nitrogen and oxygen atoms in total. The van der Waals surface area contributed by atoms with Crippen molar-refractivity contribution in [2.24, 2.45) is 0 Å². The quantitative estimate of drug-likeness (QED) is 0.550. The van der Waals surface area contributed by atoms with Gasteiger partial charge in [0, 0.05) is 13.5 Å². The number of carbonyl (C=O) groups excluding carboxylic acids is 1. The van der Waals surface area contributed by atoms with Crippen LogP contribution in [0.5, 0.6) is 0 Å². The van der Waals surface area contributed by atoms with Crippen LogP contribution < -0.4 is 0 Å². The summed E-state index contributed by atoms with van der Waals surface area (Å²) in [7, 11) is 0. The summed E-state index contributed by atoms with van der Waals surface area (Å²) in [4.78, 5) is 12.4. The van der Waals surface area contributed by atoms with E-state index in [0.29, 0.717) is 0 Å². The lowest BCUT2D eigenvalue weighted by Gasteiger charge is -2.16. The highest BCUT2D eigenvalue weighted by atomic mass is 16.2. The van der Waals surface area contributed by atoms with Gasteiger partial charge < -0.3 is 4.90 Å². The maximum Gasteiger partial charge on any atom is 0.220 e. The minimum atomic E-state index is -0.155. The van der Waals surface area contributed by atoms with Gasteiger partial charge in [-0.2, -0.15) is 5.26 Å². The lowest BCUT2D eigenvalue weighted by atomic mass is 10.2. The van der Waals surface area contributed by atoms with Crippen LogP contribution in [-0.4, -0.2) is 23.4 Å². The van der Waals surface area contributed by atoms with Crippen molar-refractivity contribution in [3.05, 3.63) is 0 Å². The van der Waals surface area contributed by atoms with Gasteiger partial charge in [0.15, 0.2) is 0 Å². The van der Waals surface area contributed by atoms with E-state index in [1.807, 2.05) is 13.8 Å². The summed E-state index contributed by atoms with van der Waals surface area (Å²) in [5.74, 6) is 0.0176. The van der Waals surface area contributed by atoms with E-state index in [1.54, 1.807) is 4.90 Å². The molecule has 1 amide bonds. The number of nitriles is 1. The van der Waals surface area contributed by atoms with Gasteiger partial charge in [0.1, 0.15) is 6.04 Å². The molecule has 1 unspecified atom stereocenters. The lowest BCUT2D eigenvalue weighted by Crippen LogP contribution is -2.32. The molecule has 0 saturated carbocycles. The maximum absolute atomic E-state index is 10.8. The van der Waals surface area contributed by atoms with Gasteiger partial charge in [-0.15, -0.1) is 0 Å². The molecule has 0 spiro atoms. The van der Waals surface area contributed by atoms with Gasteiger partial charge in [0.05, 0.1) is 6.07 Å². The molecule has 1 saturated heterocycles. The number of likely N-dealkylation sites (tertiary alicyclic amines) is 1. The Morgan fingerprint density at radius 2 is 2.17 bits per heavy atom. The van der Waals surface area contributed by atoms with Gasteiger partial charge in [-0.3, -0.25) is 4.79 Å². The van der Waals surface area contributed by atoms with Crippen LogP contribution in [0.25, 0.3) is 0 Å². The fraction of sp³-hybridized carbons (Fsp3) is 0.778. The predicted molar refractivity (Wildman–Crippen MR) is 47.4 cm³/mol. The predicted octanol–water partition coefficient (Wildman–Crippen LogP) is 1.55. The third kappa shape index (κ3) is 2.54. The van der Waals surface area contributed by atoms with Gasteiger partial charge in [0.25, 0.3) is 0 Å². The first-order valence-corrected chi connectivity index (χ1v) is 4.42. The van der Waals surface area contributed by atoms with E-state index in [4.69, 9.17) is 5.26 Å². The van der Waals surface area contributed by atoms with Crippen LogP contribution in [0, 0.1) is 11.3 Å². The number of amides is 1. The third-order valence-corrected chi connectivity index (χ3v) is 1.81. The molecule has 68 valence electrons. The van der Waals surface area contributed by atoms with Gasteiger partial charge >= 0.3 is 0 Å². The molecule has 1 heterocycles. The Balaban J connectivity index is 0.000000561. The fourth-order valence-corrected chi connectivity index (χ4v) is 1.28. The standard InChI is InChI=1S/C7H10N2O.C2H6/c1-6(10)9-4-2-3-7(9)5-8;1-2/h7H,2-4H2,1H3;1-2H3. The van der Waals surface area contributed by atoms with E-state index in [-0.39, 0.29) is 11.9 Å². The van der Waals surface area contributed by atoms with E-state index >= 15 is 0 Å². The molecule has 0 aliphatic carbocycles. The molecule has 0 aromatic rings. The molecular weight excluding hydrogens is 152 g/mol. The van der Waals surface area contributed by atoms with Crippen LogP contribution in [0.3, 0.4) is 0 Å². The fourth-order valence-electron chi connectivity index (χ4n) is 1.28. The summed E-state index contributed by atoms with van der Waals surface area (Å²) in [5, 5.41) is 8.54. The minimum absolute atomic E-state index is 0.0176. The summed E-state index contributed by atoms with van der Waals surface area (Å²) >= 11 is 0.